The van der Waals surface area contributed by atoms with Crippen molar-refractivity contribution < 1.29 is 19.0 Å². The van der Waals surface area contributed by atoms with Crippen LogP contribution in [0.4, 0.5) is 4.79 Å². The Morgan fingerprint density at radius 2 is 2.24 bits per heavy atom. The quantitative estimate of drug-likeness (QED) is 0.616. The van der Waals surface area contributed by atoms with Crippen molar-refractivity contribution in [2.75, 3.05) is 13.4 Å². The molecule has 1 amide bonds. The van der Waals surface area contributed by atoms with Gasteiger partial charge < -0.3 is 19.9 Å². The summed E-state index contributed by atoms with van der Waals surface area (Å²) in [5.74, 6) is 7.23. The van der Waals surface area contributed by atoms with Gasteiger partial charge in [-0.25, -0.2) is 4.79 Å². The molecule has 88 valence electrons. The van der Waals surface area contributed by atoms with Gasteiger partial charge in [-0.3, -0.25) is 0 Å². The molecule has 0 unspecified atom stereocenters. The van der Waals surface area contributed by atoms with Crippen LogP contribution in [0.25, 0.3) is 0 Å². The number of nitrogens with two attached hydrogens (primary N) is 1. The van der Waals surface area contributed by atoms with Gasteiger partial charge in [-0.1, -0.05) is 11.8 Å². The second kappa shape index (κ2) is 5.12. The van der Waals surface area contributed by atoms with Crippen molar-refractivity contribution in [3.8, 4) is 23.3 Å². The lowest BCUT2D eigenvalue weighted by Gasteiger charge is -1.96. The number of fused-ring (bicyclic) bond motifs is 1. The zero-order valence-electron chi connectivity index (χ0n) is 9.06. The molecule has 1 aliphatic rings. The largest absolute Gasteiger partial charge is 0.454 e. The summed E-state index contributed by atoms with van der Waals surface area (Å²) < 4.78 is 14.9. The van der Waals surface area contributed by atoms with E-state index in [1.807, 2.05) is 18.2 Å². The van der Waals surface area contributed by atoms with E-state index in [2.05, 4.69) is 16.6 Å². The topological polar surface area (TPSA) is 70.8 Å². The Hall–Kier alpha value is -2.35. The molecular weight excluding hydrogens is 222 g/mol. The molecule has 0 fully saturated rings. The van der Waals surface area contributed by atoms with E-state index < -0.39 is 6.09 Å². The lowest BCUT2D eigenvalue weighted by molar-refractivity contribution is 0.159. The van der Waals surface area contributed by atoms with E-state index in [9.17, 15) is 4.79 Å². The van der Waals surface area contributed by atoms with Crippen LogP contribution < -0.4 is 15.2 Å². The molecule has 0 atom stereocenters. The molecule has 5 nitrogen and oxygen atoms in total. The molecule has 0 aromatic heterocycles. The van der Waals surface area contributed by atoms with Crippen LogP contribution in [0.2, 0.25) is 0 Å². The van der Waals surface area contributed by atoms with Crippen molar-refractivity contribution in [3.63, 3.8) is 0 Å². The highest BCUT2D eigenvalue weighted by Gasteiger charge is 2.12. The highest BCUT2D eigenvalue weighted by Crippen LogP contribution is 2.32. The Morgan fingerprint density at radius 1 is 1.41 bits per heavy atom. The molecule has 1 aromatic carbocycles. The number of carbonyl (C=O) groups excluding carboxylic acids is 1. The Kier molecular flexibility index (Phi) is 3.36. The van der Waals surface area contributed by atoms with E-state index in [1.165, 1.54) is 0 Å². The van der Waals surface area contributed by atoms with Gasteiger partial charge in [0.05, 0.1) is 0 Å². The van der Waals surface area contributed by atoms with Crippen molar-refractivity contribution >= 4 is 6.09 Å². The number of hydrogen-bond donors (Lipinski definition) is 1. The highest BCUT2D eigenvalue weighted by atomic mass is 16.7. The molecule has 1 heterocycles. The zero-order chi connectivity index (χ0) is 12.1. The van der Waals surface area contributed by atoms with Gasteiger partial charge in [0.2, 0.25) is 6.79 Å². The van der Waals surface area contributed by atoms with Gasteiger partial charge in [0.25, 0.3) is 0 Å². The van der Waals surface area contributed by atoms with Crippen LogP contribution >= 0.6 is 0 Å². The summed E-state index contributed by atoms with van der Waals surface area (Å²) in [5, 5.41) is 0. The predicted octanol–water partition coefficient (Wildman–Crippen LogP) is 1.25. The summed E-state index contributed by atoms with van der Waals surface area (Å²) in [7, 11) is 0. The smallest absolute Gasteiger partial charge is 0.404 e. The number of primary amides is 1. The van der Waals surface area contributed by atoms with Gasteiger partial charge in [-0.15, -0.1) is 0 Å². The van der Waals surface area contributed by atoms with Crippen LogP contribution in [-0.4, -0.2) is 19.5 Å². The molecule has 0 spiro atoms. The summed E-state index contributed by atoms with van der Waals surface area (Å²) in [4.78, 5) is 10.3. The van der Waals surface area contributed by atoms with Gasteiger partial charge in [-0.05, 0) is 18.2 Å². The maximum atomic E-state index is 10.3. The molecule has 1 aromatic rings. The minimum absolute atomic E-state index is 0.201. The molecule has 0 bridgehead atoms. The Labute approximate surface area is 98.5 Å². The van der Waals surface area contributed by atoms with Crippen molar-refractivity contribution in [2.45, 2.75) is 6.42 Å². The Morgan fingerprint density at radius 3 is 3.06 bits per heavy atom. The van der Waals surface area contributed by atoms with Crippen LogP contribution in [0.3, 0.4) is 0 Å². The average Bonchev–Trinajstić information content (AvgIpc) is 2.75. The molecular formula is C12H11NO4. The van der Waals surface area contributed by atoms with E-state index in [0.717, 1.165) is 11.3 Å². The fourth-order valence-corrected chi connectivity index (χ4v) is 1.34. The molecule has 2 N–H and O–H groups in total. The van der Waals surface area contributed by atoms with Gasteiger partial charge >= 0.3 is 6.09 Å². The summed E-state index contributed by atoms with van der Waals surface area (Å²) in [6.07, 6.45) is -0.341. The summed E-state index contributed by atoms with van der Waals surface area (Å²) in [6, 6.07) is 5.46. The van der Waals surface area contributed by atoms with Gasteiger partial charge in [0.15, 0.2) is 11.5 Å². The van der Waals surface area contributed by atoms with E-state index in [4.69, 9.17) is 15.2 Å². The van der Waals surface area contributed by atoms with Gasteiger partial charge in [0.1, 0.15) is 6.61 Å². The third-order valence-electron chi connectivity index (χ3n) is 2.08. The van der Waals surface area contributed by atoms with Crippen LogP contribution in [-0.2, 0) is 4.74 Å². The second-order valence-corrected chi connectivity index (χ2v) is 3.29. The number of benzene rings is 1. The third-order valence-corrected chi connectivity index (χ3v) is 2.08. The number of ether oxygens (including phenoxy) is 3. The van der Waals surface area contributed by atoms with E-state index in [0.29, 0.717) is 12.2 Å². The lowest BCUT2D eigenvalue weighted by atomic mass is 10.2. The summed E-state index contributed by atoms with van der Waals surface area (Å²) >= 11 is 0. The fourth-order valence-electron chi connectivity index (χ4n) is 1.34. The molecule has 5 heteroatoms. The van der Waals surface area contributed by atoms with Gasteiger partial charge in [0, 0.05) is 12.0 Å². The van der Waals surface area contributed by atoms with Crippen LogP contribution in [0.5, 0.6) is 11.5 Å². The number of hydrogen-bond acceptors (Lipinski definition) is 4. The van der Waals surface area contributed by atoms with Crippen LogP contribution in [0, 0.1) is 11.8 Å². The first-order valence-corrected chi connectivity index (χ1v) is 5.06. The number of carbonyl (C=O) groups is 1. The minimum Gasteiger partial charge on any atom is -0.454 e. The maximum absolute atomic E-state index is 10.3. The molecule has 1 aliphatic heterocycles. The minimum atomic E-state index is -0.783. The lowest BCUT2D eigenvalue weighted by Crippen LogP contribution is -2.13. The highest BCUT2D eigenvalue weighted by molar-refractivity contribution is 5.64. The molecule has 0 saturated carbocycles. The van der Waals surface area contributed by atoms with Crippen LogP contribution in [0.1, 0.15) is 12.0 Å². The first-order chi connectivity index (χ1) is 8.25. The SMILES string of the molecule is NC(=O)OCCC#Cc1ccc2c(c1)OCO2. The molecule has 0 saturated heterocycles. The van der Waals surface area contributed by atoms with E-state index >= 15 is 0 Å². The van der Waals surface area contributed by atoms with E-state index in [1.54, 1.807) is 0 Å². The Balaban J connectivity index is 1.91. The molecule has 0 radical (unpaired) electrons. The second-order valence-electron chi connectivity index (χ2n) is 3.29. The van der Waals surface area contributed by atoms with Crippen molar-refractivity contribution in [1.29, 1.82) is 0 Å². The van der Waals surface area contributed by atoms with Gasteiger partial charge in [-0.2, -0.15) is 0 Å². The number of amides is 1. The number of rotatable bonds is 2. The summed E-state index contributed by atoms with van der Waals surface area (Å²) in [6.45, 7) is 0.450. The van der Waals surface area contributed by atoms with Crippen molar-refractivity contribution in [2.24, 2.45) is 5.73 Å². The van der Waals surface area contributed by atoms with Crippen molar-refractivity contribution in [3.05, 3.63) is 23.8 Å². The molecule has 17 heavy (non-hydrogen) atoms. The molecule has 0 aliphatic carbocycles. The monoisotopic (exact) mass is 233 g/mol. The zero-order valence-corrected chi connectivity index (χ0v) is 9.06. The maximum Gasteiger partial charge on any atom is 0.404 e. The first kappa shape index (κ1) is 11.1. The van der Waals surface area contributed by atoms with Crippen LogP contribution in [0.15, 0.2) is 18.2 Å². The summed E-state index contributed by atoms with van der Waals surface area (Å²) in [5.41, 5.74) is 5.63. The third kappa shape index (κ3) is 3.05. The first-order valence-electron chi connectivity index (χ1n) is 5.06. The normalized spacial score (nSPS) is 11.5. The fraction of sp³-hybridized carbons (Fsp3) is 0.250. The average molecular weight is 233 g/mol. The molecule has 2 rings (SSSR count). The van der Waals surface area contributed by atoms with Crippen molar-refractivity contribution in [1.82, 2.24) is 0 Å². The predicted molar refractivity (Wildman–Crippen MR) is 59.6 cm³/mol. The standard InChI is InChI=1S/C12H11NO4/c13-12(14)15-6-2-1-3-9-4-5-10-11(7-9)17-8-16-10/h4-5,7H,2,6,8H2,(H2,13,14). The Bertz CT molecular complexity index is 487. The van der Waals surface area contributed by atoms with E-state index in [-0.39, 0.29) is 13.4 Å².